The molecule has 1 N–H and O–H groups in total. The van der Waals surface area contributed by atoms with Gasteiger partial charge in [-0.2, -0.15) is 0 Å². The number of esters is 1. The van der Waals surface area contributed by atoms with Crippen LogP contribution in [0.25, 0.3) is 0 Å². The first-order chi connectivity index (χ1) is 20.0. The molecule has 43 heavy (non-hydrogen) atoms. The van der Waals surface area contributed by atoms with E-state index in [9.17, 15) is 23.5 Å². The van der Waals surface area contributed by atoms with Crippen LogP contribution in [0.15, 0.2) is 18.2 Å². The minimum Gasteiger partial charge on any atom is -0.481 e. The SMILES string of the molecule is CC(C)C1CCC2(C(=O)O)CC[C@]3(C)[C@H](CCC4[C@@]5(C)CCC(OC(=O)c6ccc(F)cc6F)C(C)(C)[C@@H]5CC[C@]43C)C12. The second-order valence-corrected chi connectivity index (χ2v) is 17.0. The molecule has 1 aromatic rings. The summed E-state index contributed by atoms with van der Waals surface area (Å²) in [4.78, 5) is 26.0. The minimum absolute atomic E-state index is 0.0724. The molecular weight excluding hydrogens is 546 g/mol. The van der Waals surface area contributed by atoms with Crippen LogP contribution >= 0.6 is 0 Å². The quantitative estimate of drug-likeness (QED) is 0.351. The van der Waals surface area contributed by atoms with Gasteiger partial charge >= 0.3 is 11.9 Å². The van der Waals surface area contributed by atoms with E-state index in [0.717, 1.165) is 76.3 Å². The summed E-state index contributed by atoms with van der Waals surface area (Å²) in [6, 6.07) is 3.01. The number of rotatable bonds is 4. The molecule has 5 fully saturated rings. The van der Waals surface area contributed by atoms with Crippen LogP contribution in [0, 0.1) is 74.2 Å². The predicted octanol–water partition coefficient (Wildman–Crippen LogP) is 9.31. The van der Waals surface area contributed by atoms with Crippen LogP contribution in [-0.4, -0.2) is 23.1 Å². The molecule has 0 amide bonds. The largest absolute Gasteiger partial charge is 0.481 e. The van der Waals surface area contributed by atoms with Gasteiger partial charge in [0.1, 0.15) is 17.7 Å². The molecule has 6 heteroatoms. The lowest BCUT2D eigenvalue weighted by Gasteiger charge is -2.72. The molecular formula is C37H52F2O4. The lowest BCUT2D eigenvalue weighted by atomic mass is 9.32. The Morgan fingerprint density at radius 1 is 0.860 bits per heavy atom. The number of carbonyl (C=O) groups excluding carboxylic acids is 1. The van der Waals surface area contributed by atoms with Crippen LogP contribution in [0.3, 0.4) is 0 Å². The highest BCUT2D eigenvalue weighted by Crippen LogP contribution is 2.77. The van der Waals surface area contributed by atoms with Crippen molar-refractivity contribution in [2.75, 3.05) is 0 Å². The first-order valence-corrected chi connectivity index (χ1v) is 16.9. The molecule has 0 radical (unpaired) electrons. The van der Waals surface area contributed by atoms with Gasteiger partial charge < -0.3 is 9.84 Å². The summed E-state index contributed by atoms with van der Waals surface area (Å²) in [5.41, 5.74) is -0.780. The van der Waals surface area contributed by atoms with E-state index in [1.807, 2.05) is 0 Å². The van der Waals surface area contributed by atoms with Crippen LogP contribution < -0.4 is 0 Å². The Bertz CT molecular complexity index is 1310. The molecule has 5 saturated carbocycles. The van der Waals surface area contributed by atoms with Gasteiger partial charge in [0, 0.05) is 11.5 Å². The number of halogens is 2. The van der Waals surface area contributed by atoms with E-state index in [4.69, 9.17) is 4.74 Å². The summed E-state index contributed by atoms with van der Waals surface area (Å²) in [5.74, 6) is -0.346. The Morgan fingerprint density at radius 2 is 1.58 bits per heavy atom. The Balaban J connectivity index is 1.28. The summed E-state index contributed by atoms with van der Waals surface area (Å²) in [7, 11) is 0. The number of carbonyl (C=O) groups is 2. The molecule has 5 aliphatic rings. The maximum atomic E-state index is 14.4. The molecule has 0 heterocycles. The molecule has 5 unspecified atom stereocenters. The Hall–Kier alpha value is -1.98. The molecule has 238 valence electrons. The van der Waals surface area contributed by atoms with Crippen LogP contribution in [0.5, 0.6) is 0 Å². The number of hydrogen-bond acceptors (Lipinski definition) is 3. The average molecular weight is 599 g/mol. The summed E-state index contributed by atoms with van der Waals surface area (Å²) >= 11 is 0. The van der Waals surface area contributed by atoms with Crippen molar-refractivity contribution in [3.63, 3.8) is 0 Å². The smallest absolute Gasteiger partial charge is 0.341 e. The van der Waals surface area contributed by atoms with Crippen molar-refractivity contribution in [2.24, 2.45) is 62.6 Å². The lowest BCUT2D eigenvalue weighted by molar-refractivity contribution is -0.249. The number of benzene rings is 1. The fraction of sp³-hybridized carbons (Fsp3) is 0.784. The standard InChI is InChI=1S/C37H52F2O4/c1-21(2)23-12-17-37(32(41)42)19-18-35(6)25(30(23)37)10-11-28-34(5)15-14-29(33(3,4)27(34)13-16-36(28,35)7)43-31(40)24-9-8-22(38)20-26(24)39/h8-9,20-21,23,25,27-30H,10-19H2,1-7H3,(H,41,42)/t23?,25-,27+,28?,29?,30?,34+,35-,36-,37?/m1/s1. The molecule has 0 aromatic heterocycles. The van der Waals surface area contributed by atoms with Crippen LogP contribution in [0.2, 0.25) is 0 Å². The van der Waals surface area contributed by atoms with Crippen molar-refractivity contribution in [1.82, 2.24) is 0 Å². The number of fused-ring (bicyclic) bond motifs is 7. The molecule has 5 aliphatic carbocycles. The fourth-order valence-electron chi connectivity index (χ4n) is 12.8. The maximum Gasteiger partial charge on any atom is 0.341 e. The monoisotopic (exact) mass is 598 g/mol. The van der Waals surface area contributed by atoms with Crippen LogP contribution in [-0.2, 0) is 9.53 Å². The molecule has 0 saturated heterocycles. The van der Waals surface area contributed by atoms with Crippen molar-refractivity contribution in [2.45, 2.75) is 119 Å². The summed E-state index contributed by atoms with van der Waals surface area (Å²) in [6.45, 7) is 16.6. The number of carboxylic acids is 1. The van der Waals surface area contributed by atoms with E-state index in [1.165, 1.54) is 6.07 Å². The molecule has 0 aliphatic heterocycles. The maximum absolute atomic E-state index is 14.4. The normalized spacial score (nSPS) is 45.0. The molecule has 10 atom stereocenters. The zero-order chi connectivity index (χ0) is 31.3. The van der Waals surface area contributed by atoms with Crippen molar-refractivity contribution < 1.29 is 28.2 Å². The molecule has 1 aromatic carbocycles. The Kier molecular flexibility index (Phi) is 7.22. The van der Waals surface area contributed by atoms with E-state index in [1.54, 1.807) is 0 Å². The van der Waals surface area contributed by atoms with Crippen LogP contribution in [0.1, 0.15) is 123 Å². The fourth-order valence-corrected chi connectivity index (χ4v) is 12.8. The van der Waals surface area contributed by atoms with Gasteiger partial charge in [0.2, 0.25) is 0 Å². The van der Waals surface area contributed by atoms with Gasteiger partial charge in [-0.3, -0.25) is 4.79 Å². The van der Waals surface area contributed by atoms with Gasteiger partial charge in [-0.1, -0.05) is 48.5 Å². The number of ether oxygens (including phenoxy) is 1. The lowest BCUT2D eigenvalue weighted by Crippen LogP contribution is -2.67. The van der Waals surface area contributed by atoms with Gasteiger partial charge in [-0.05, 0) is 128 Å². The number of aliphatic carboxylic acids is 1. The van der Waals surface area contributed by atoms with E-state index in [2.05, 4.69) is 48.5 Å². The van der Waals surface area contributed by atoms with E-state index >= 15 is 0 Å². The summed E-state index contributed by atoms with van der Waals surface area (Å²) in [5, 5.41) is 10.6. The second kappa shape index (κ2) is 10.0. The van der Waals surface area contributed by atoms with Crippen molar-refractivity contribution in [3.05, 3.63) is 35.4 Å². The molecule has 0 bridgehead atoms. The van der Waals surface area contributed by atoms with Gasteiger partial charge in [0.15, 0.2) is 0 Å². The highest BCUT2D eigenvalue weighted by molar-refractivity contribution is 5.89. The van der Waals surface area contributed by atoms with Gasteiger partial charge in [-0.25, -0.2) is 13.6 Å². The topological polar surface area (TPSA) is 63.6 Å². The van der Waals surface area contributed by atoms with Gasteiger partial charge in [0.05, 0.1) is 11.0 Å². The molecule has 6 rings (SSSR count). The van der Waals surface area contributed by atoms with Gasteiger partial charge in [-0.15, -0.1) is 0 Å². The third kappa shape index (κ3) is 4.15. The van der Waals surface area contributed by atoms with E-state index in [-0.39, 0.29) is 39.2 Å². The highest BCUT2D eigenvalue weighted by atomic mass is 19.1. The Labute approximate surface area is 256 Å². The van der Waals surface area contributed by atoms with E-state index < -0.39 is 29.0 Å². The third-order valence-corrected chi connectivity index (χ3v) is 15.1. The Morgan fingerprint density at radius 3 is 2.23 bits per heavy atom. The molecule has 0 spiro atoms. The number of carboxylic acid groups (broad SMARTS) is 1. The zero-order valence-electron chi connectivity index (χ0n) is 27.3. The zero-order valence-corrected chi connectivity index (χ0v) is 27.3. The highest BCUT2D eigenvalue weighted by Gasteiger charge is 2.72. The molecule has 4 nitrogen and oxygen atoms in total. The first-order valence-electron chi connectivity index (χ1n) is 16.9. The second-order valence-electron chi connectivity index (χ2n) is 17.0. The summed E-state index contributed by atoms with van der Waals surface area (Å²) < 4.78 is 33.9. The van der Waals surface area contributed by atoms with Crippen molar-refractivity contribution in [1.29, 1.82) is 0 Å². The van der Waals surface area contributed by atoms with Crippen LogP contribution in [0.4, 0.5) is 8.78 Å². The van der Waals surface area contributed by atoms with E-state index in [0.29, 0.717) is 29.6 Å². The van der Waals surface area contributed by atoms with Crippen molar-refractivity contribution in [3.8, 4) is 0 Å². The predicted molar refractivity (Wildman–Crippen MR) is 162 cm³/mol. The summed E-state index contributed by atoms with van der Waals surface area (Å²) in [6.07, 6.45) is 9.37. The third-order valence-electron chi connectivity index (χ3n) is 15.1. The number of hydrogen-bond donors (Lipinski definition) is 1. The first kappa shape index (κ1) is 31.0. The minimum atomic E-state index is -0.886. The van der Waals surface area contributed by atoms with Crippen molar-refractivity contribution >= 4 is 11.9 Å². The average Bonchev–Trinajstić information content (AvgIpc) is 3.32. The van der Waals surface area contributed by atoms with Gasteiger partial charge in [0.25, 0.3) is 0 Å².